The first kappa shape index (κ1) is 14.4. The largest absolute Gasteiger partial charge is 0.469 e. The van der Waals surface area contributed by atoms with Crippen LogP contribution in [0.25, 0.3) is 0 Å². The van der Waals surface area contributed by atoms with Crippen molar-refractivity contribution in [1.29, 1.82) is 0 Å². The molecule has 5 nitrogen and oxygen atoms in total. The number of ether oxygens (including phenoxy) is 3. The number of rotatable bonds is 4. The highest BCUT2D eigenvalue weighted by molar-refractivity contribution is 6.00. The highest BCUT2D eigenvalue weighted by Crippen LogP contribution is 2.36. The molecule has 1 aromatic carbocycles. The molecule has 0 N–H and O–H groups in total. The molecule has 0 bridgehead atoms. The number of ketones is 1. The van der Waals surface area contributed by atoms with Crippen LogP contribution >= 0.6 is 0 Å². The summed E-state index contributed by atoms with van der Waals surface area (Å²) in [6.07, 6.45) is 2.02. The number of esters is 1. The van der Waals surface area contributed by atoms with Crippen LogP contribution in [0.4, 0.5) is 0 Å². The number of carbonyl (C=O) groups excluding carboxylic acids is 2. The third-order valence-corrected chi connectivity index (χ3v) is 3.21. The van der Waals surface area contributed by atoms with Gasteiger partial charge in [-0.3, -0.25) is 9.59 Å². The SMILES string of the molecule is COC(=O)C[C@]1(c2ccccc2)O[C@H](OC)C=CC1=O. The molecule has 0 unspecified atom stereocenters. The molecule has 2 rings (SSSR count). The molecule has 0 spiro atoms. The lowest BCUT2D eigenvalue weighted by molar-refractivity contribution is -0.197. The summed E-state index contributed by atoms with van der Waals surface area (Å²) in [5.74, 6) is -0.824. The fourth-order valence-corrected chi connectivity index (χ4v) is 2.15. The highest BCUT2D eigenvalue weighted by atomic mass is 16.7. The number of benzene rings is 1. The van der Waals surface area contributed by atoms with Gasteiger partial charge in [0.15, 0.2) is 17.7 Å². The summed E-state index contributed by atoms with van der Waals surface area (Å²) in [4.78, 5) is 24.0. The summed E-state index contributed by atoms with van der Waals surface area (Å²) in [5, 5.41) is 0. The average Bonchev–Trinajstić information content (AvgIpc) is 2.50. The fourth-order valence-electron chi connectivity index (χ4n) is 2.15. The van der Waals surface area contributed by atoms with Gasteiger partial charge in [0.05, 0.1) is 13.5 Å². The van der Waals surface area contributed by atoms with Gasteiger partial charge in [-0.2, -0.15) is 0 Å². The van der Waals surface area contributed by atoms with E-state index < -0.39 is 17.9 Å². The van der Waals surface area contributed by atoms with Crippen LogP contribution in [0.1, 0.15) is 12.0 Å². The summed E-state index contributed by atoms with van der Waals surface area (Å²) in [6.45, 7) is 0. The van der Waals surface area contributed by atoms with E-state index in [0.717, 1.165) is 0 Å². The van der Waals surface area contributed by atoms with Crippen molar-refractivity contribution in [2.75, 3.05) is 14.2 Å². The van der Waals surface area contributed by atoms with Crippen LogP contribution in [0, 0.1) is 0 Å². The first-order chi connectivity index (χ1) is 9.62. The topological polar surface area (TPSA) is 61.8 Å². The minimum Gasteiger partial charge on any atom is -0.469 e. The van der Waals surface area contributed by atoms with Crippen LogP contribution in [0.15, 0.2) is 42.5 Å². The Bertz CT molecular complexity index is 522. The van der Waals surface area contributed by atoms with Gasteiger partial charge in [-0.25, -0.2) is 0 Å². The summed E-state index contributed by atoms with van der Waals surface area (Å²) < 4.78 is 15.5. The molecule has 1 aliphatic heterocycles. The molecular formula is C15H16O5. The monoisotopic (exact) mass is 276 g/mol. The lowest BCUT2D eigenvalue weighted by Crippen LogP contribution is -2.45. The quantitative estimate of drug-likeness (QED) is 0.781. The van der Waals surface area contributed by atoms with Crippen LogP contribution in [0.5, 0.6) is 0 Å². The highest BCUT2D eigenvalue weighted by Gasteiger charge is 2.46. The molecule has 0 radical (unpaired) electrons. The van der Waals surface area contributed by atoms with E-state index >= 15 is 0 Å². The first-order valence-electron chi connectivity index (χ1n) is 6.18. The lowest BCUT2D eigenvalue weighted by Gasteiger charge is -2.36. The van der Waals surface area contributed by atoms with Crippen molar-refractivity contribution < 1.29 is 23.8 Å². The number of methoxy groups -OCH3 is 2. The van der Waals surface area contributed by atoms with Crippen LogP contribution < -0.4 is 0 Å². The second-order valence-corrected chi connectivity index (χ2v) is 4.39. The Labute approximate surface area is 117 Å². The van der Waals surface area contributed by atoms with Crippen LogP contribution in [0.3, 0.4) is 0 Å². The van der Waals surface area contributed by atoms with Crippen LogP contribution in [-0.2, 0) is 29.4 Å². The van der Waals surface area contributed by atoms with Crippen molar-refractivity contribution in [3.05, 3.63) is 48.0 Å². The molecule has 0 amide bonds. The second-order valence-electron chi connectivity index (χ2n) is 4.39. The molecule has 0 fully saturated rings. The average molecular weight is 276 g/mol. The maximum absolute atomic E-state index is 12.4. The summed E-state index contributed by atoms with van der Waals surface area (Å²) >= 11 is 0. The van der Waals surface area contributed by atoms with Gasteiger partial charge in [-0.1, -0.05) is 30.3 Å². The maximum Gasteiger partial charge on any atom is 0.309 e. The van der Waals surface area contributed by atoms with Crippen molar-refractivity contribution in [1.82, 2.24) is 0 Å². The zero-order valence-electron chi connectivity index (χ0n) is 11.4. The Morgan fingerprint density at radius 3 is 2.60 bits per heavy atom. The van der Waals surface area contributed by atoms with Gasteiger partial charge in [0.2, 0.25) is 0 Å². The minimum absolute atomic E-state index is 0.198. The van der Waals surface area contributed by atoms with E-state index in [1.165, 1.54) is 26.4 Å². The van der Waals surface area contributed by atoms with Gasteiger partial charge in [0, 0.05) is 7.11 Å². The summed E-state index contributed by atoms with van der Waals surface area (Å²) in [5.41, 5.74) is -0.800. The van der Waals surface area contributed by atoms with E-state index in [2.05, 4.69) is 4.74 Å². The smallest absolute Gasteiger partial charge is 0.309 e. The van der Waals surface area contributed by atoms with Gasteiger partial charge in [-0.05, 0) is 17.7 Å². The molecule has 1 aliphatic rings. The number of hydrogen-bond donors (Lipinski definition) is 0. The molecular weight excluding hydrogens is 260 g/mol. The predicted molar refractivity (Wildman–Crippen MR) is 70.8 cm³/mol. The Balaban J connectivity index is 2.46. The van der Waals surface area contributed by atoms with Gasteiger partial charge in [0.1, 0.15) is 0 Å². The normalized spacial score (nSPS) is 25.5. The van der Waals surface area contributed by atoms with E-state index in [1.54, 1.807) is 24.3 Å². The van der Waals surface area contributed by atoms with Gasteiger partial charge in [-0.15, -0.1) is 0 Å². The minimum atomic E-state index is -1.40. The zero-order valence-corrected chi connectivity index (χ0v) is 11.4. The molecule has 0 aliphatic carbocycles. The standard InChI is InChI=1S/C15H16O5/c1-18-13(17)10-15(11-6-4-3-5-7-11)12(16)8-9-14(19-2)20-15/h3-9,14H,10H2,1-2H3/t14-,15+/m0/s1. The Morgan fingerprint density at radius 2 is 2.00 bits per heavy atom. The summed E-state index contributed by atoms with van der Waals surface area (Å²) in [7, 11) is 2.75. The molecule has 0 aromatic heterocycles. The number of carbonyl (C=O) groups is 2. The molecule has 2 atom stereocenters. The molecule has 20 heavy (non-hydrogen) atoms. The van der Waals surface area contributed by atoms with Crippen molar-refractivity contribution in [3.8, 4) is 0 Å². The van der Waals surface area contributed by atoms with Crippen LogP contribution in [0.2, 0.25) is 0 Å². The van der Waals surface area contributed by atoms with Gasteiger partial charge >= 0.3 is 5.97 Å². The Kier molecular flexibility index (Phi) is 4.32. The molecule has 5 heteroatoms. The van der Waals surface area contributed by atoms with Crippen molar-refractivity contribution in [3.63, 3.8) is 0 Å². The van der Waals surface area contributed by atoms with Crippen molar-refractivity contribution in [2.24, 2.45) is 0 Å². The van der Waals surface area contributed by atoms with E-state index in [0.29, 0.717) is 5.56 Å². The third kappa shape index (κ3) is 2.64. The Hall–Kier alpha value is -1.98. The van der Waals surface area contributed by atoms with E-state index in [9.17, 15) is 9.59 Å². The molecule has 1 aromatic rings. The Morgan fingerprint density at radius 1 is 1.30 bits per heavy atom. The first-order valence-corrected chi connectivity index (χ1v) is 6.18. The van der Waals surface area contributed by atoms with Crippen LogP contribution in [-0.4, -0.2) is 32.3 Å². The fraction of sp³-hybridized carbons (Fsp3) is 0.333. The predicted octanol–water partition coefficient (Wildman–Crippen LogP) is 1.57. The lowest BCUT2D eigenvalue weighted by atomic mass is 9.84. The second kappa shape index (κ2) is 5.98. The molecule has 0 saturated carbocycles. The number of hydrogen-bond acceptors (Lipinski definition) is 5. The molecule has 106 valence electrons. The van der Waals surface area contributed by atoms with Gasteiger partial charge < -0.3 is 14.2 Å². The maximum atomic E-state index is 12.4. The zero-order chi connectivity index (χ0) is 14.6. The van der Waals surface area contributed by atoms with E-state index in [-0.39, 0.29) is 12.2 Å². The van der Waals surface area contributed by atoms with Gasteiger partial charge in [0.25, 0.3) is 0 Å². The molecule has 1 heterocycles. The van der Waals surface area contributed by atoms with E-state index in [1.807, 2.05) is 6.07 Å². The summed E-state index contributed by atoms with van der Waals surface area (Å²) in [6, 6.07) is 8.88. The van der Waals surface area contributed by atoms with Crippen molar-refractivity contribution in [2.45, 2.75) is 18.3 Å². The molecule has 0 saturated heterocycles. The van der Waals surface area contributed by atoms with Crippen molar-refractivity contribution >= 4 is 11.8 Å². The van der Waals surface area contributed by atoms with E-state index in [4.69, 9.17) is 9.47 Å². The third-order valence-electron chi connectivity index (χ3n) is 3.21.